The van der Waals surface area contributed by atoms with E-state index in [1.165, 1.54) is 38.5 Å². The molecule has 25 atom stereocenters. The van der Waals surface area contributed by atoms with E-state index in [1.807, 2.05) is 0 Å². The first kappa shape index (κ1) is 69.7. The van der Waals surface area contributed by atoms with Crippen LogP contribution in [-0.2, 0) is 47.4 Å². The molecule has 0 aliphatic carbocycles. The molecular weight excluding hydrogens is 1060 g/mol. The molecular formula is C54H100O26. The molecule has 10 unspecified atom stereocenters. The molecule has 0 spiro atoms. The van der Waals surface area contributed by atoms with E-state index < -0.39 is 187 Å². The summed E-state index contributed by atoms with van der Waals surface area (Å²) in [6.07, 6.45) is -25.3. The van der Waals surface area contributed by atoms with Crippen LogP contribution in [0, 0.1) is 5.92 Å². The van der Waals surface area contributed by atoms with Crippen LogP contribution in [0.15, 0.2) is 0 Å². The summed E-state index contributed by atoms with van der Waals surface area (Å²) in [5, 5.41) is 172. The first-order valence-electron chi connectivity index (χ1n) is 29.5. The van der Waals surface area contributed by atoms with Crippen LogP contribution in [0.1, 0.15) is 142 Å². The van der Waals surface area contributed by atoms with Crippen LogP contribution in [0.3, 0.4) is 0 Å². The van der Waals surface area contributed by atoms with Crippen molar-refractivity contribution in [3.63, 3.8) is 0 Å². The molecule has 5 aliphatic rings. The molecule has 0 aromatic rings. The fraction of sp³-hybridized carbons (Fsp3) is 1.00. The van der Waals surface area contributed by atoms with E-state index in [0.29, 0.717) is 0 Å². The van der Waals surface area contributed by atoms with Crippen molar-refractivity contribution in [1.29, 1.82) is 0 Å². The summed E-state index contributed by atoms with van der Waals surface area (Å²) >= 11 is 0. The van der Waals surface area contributed by atoms with E-state index in [-0.39, 0.29) is 12.5 Å². The normalized spacial score (nSPS) is 40.9. The summed E-state index contributed by atoms with van der Waals surface area (Å²) in [7, 11) is 0. The van der Waals surface area contributed by atoms with E-state index in [4.69, 9.17) is 47.4 Å². The molecule has 80 heavy (non-hydrogen) atoms. The molecule has 26 nitrogen and oxygen atoms in total. The quantitative estimate of drug-likeness (QED) is 0.0290. The van der Waals surface area contributed by atoms with Crippen molar-refractivity contribution in [2.24, 2.45) is 5.92 Å². The van der Waals surface area contributed by atoms with Crippen molar-refractivity contribution in [3.05, 3.63) is 0 Å². The Balaban J connectivity index is 1.56. The molecule has 5 saturated heterocycles. The lowest BCUT2D eigenvalue weighted by atomic mass is 9.94. The summed E-state index contributed by atoms with van der Waals surface area (Å²) in [6, 6.07) is 0. The molecule has 472 valence electrons. The van der Waals surface area contributed by atoms with Crippen LogP contribution in [0.4, 0.5) is 0 Å². The molecule has 0 aromatic carbocycles. The summed E-state index contributed by atoms with van der Waals surface area (Å²) in [5.41, 5.74) is 0. The topological polar surface area (TPSA) is 416 Å². The molecule has 0 saturated carbocycles. The monoisotopic (exact) mass is 1160 g/mol. The number of hydrogen-bond acceptors (Lipinski definition) is 26. The minimum Gasteiger partial charge on any atom is -0.394 e. The number of ether oxygens (including phenoxy) is 10. The van der Waals surface area contributed by atoms with Crippen molar-refractivity contribution < 1.29 is 129 Å². The van der Waals surface area contributed by atoms with Gasteiger partial charge in [0.15, 0.2) is 31.5 Å². The van der Waals surface area contributed by atoms with Crippen molar-refractivity contribution in [1.82, 2.24) is 0 Å². The molecule has 5 aliphatic heterocycles. The number of aliphatic hydroxyl groups is 16. The zero-order valence-electron chi connectivity index (χ0n) is 46.6. The zero-order valence-corrected chi connectivity index (χ0v) is 46.6. The maximum atomic E-state index is 11.5. The summed E-state index contributed by atoms with van der Waals surface area (Å²) in [5.74, 6) is -0.0997. The lowest BCUT2D eigenvalue weighted by Gasteiger charge is -2.51. The smallest absolute Gasteiger partial charge is 0.187 e. The first-order chi connectivity index (χ1) is 38.5. The number of unbranched alkanes of at least 4 members (excludes halogenated alkanes) is 16. The predicted molar refractivity (Wildman–Crippen MR) is 277 cm³/mol. The minimum atomic E-state index is -2.11. The third kappa shape index (κ3) is 19.5. The van der Waals surface area contributed by atoms with Gasteiger partial charge in [-0.1, -0.05) is 129 Å². The van der Waals surface area contributed by atoms with Crippen molar-refractivity contribution in [3.8, 4) is 0 Å². The van der Waals surface area contributed by atoms with E-state index in [2.05, 4.69) is 13.8 Å². The molecule has 0 radical (unpaired) electrons. The van der Waals surface area contributed by atoms with Crippen LogP contribution in [0.5, 0.6) is 0 Å². The summed E-state index contributed by atoms with van der Waals surface area (Å²) in [4.78, 5) is 0. The molecule has 5 fully saturated rings. The Hall–Kier alpha value is -1.04. The molecule has 26 heteroatoms. The van der Waals surface area contributed by atoms with Crippen molar-refractivity contribution >= 4 is 0 Å². The lowest BCUT2D eigenvalue weighted by molar-refractivity contribution is -0.412. The SMILES string of the molecule is CCCCCCCCCCCC(CCCCCCCCCCC)CO[C@@H]1OC(CO[C@@H]2OC(CO)[C@@H](O)[C@H](O)C2O)[C@@H](O[C@@H]2OC(CO)[C@@H](O)[C@H](O)C2O)[C@H](O[C@@H]2OC(CO)[C@@H](O)[C@H](O)C2O)C1O[C@@H]1OC(CO)[C@@H](O)[C@H](O)C1O. The Morgan fingerprint density at radius 3 is 0.963 bits per heavy atom. The highest BCUT2D eigenvalue weighted by molar-refractivity contribution is 5.00. The molecule has 0 aromatic heterocycles. The van der Waals surface area contributed by atoms with Crippen LogP contribution in [0.2, 0.25) is 0 Å². The van der Waals surface area contributed by atoms with Crippen LogP contribution in [0.25, 0.3) is 0 Å². The third-order valence-electron chi connectivity index (χ3n) is 16.2. The largest absolute Gasteiger partial charge is 0.394 e. The zero-order chi connectivity index (χ0) is 58.5. The maximum Gasteiger partial charge on any atom is 0.187 e. The second kappa shape index (κ2) is 36.2. The molecule has 5 heterocycles. The van der Waals surface area contributed by atoms with E-state index in [9.17, 15) is 81.7 Å². The summed E-state index contributed by atoms with van der Waals surface area (Å²) < 4.78 is 61.7. The van der Waals surface area contributed by atoms with E-state index in [1.54, 1.807) is 0 Å². The lowest BCUT2D eigenvalue weighted by Crippen LogP contribution is -2.69. The van der Waals surface area contributed by atoms with Crippen molar-refractivity contribution in [2.75, 3.05) is 39.6 Å². The second-order valence-corrected chi connectivity index (χ2v) is 22.4. The van der Waals surface area contributed by atoms with Gasteiger partial charge in [-0.25, -0.2) is 0 Å². The molecule has 5 rings (SSSR count). The maximum absolute atomic E-state index is 11.5. The molecule has 16 N–H and O–H groups in total. The minimum absolute atomic E-state index is 0.0153. The highest BCUT2D eigenvalue weighted by atomic mass is 16.8. The first-order valence-corrected chi connectivity index (χ1v) is 29.5. The van der Waals surface area contributed by atoms with Gasteiger partial charge < -0.3 is 129 Å². The predicted octanol–water partition coefficient (Wildman–Crippen LogP) is -2.44. The number of hydrogen-bond donors (Lipinski definition) is 16. The average Bonchev–Trinajstić information content (AvgIpc) is 3.46. The van der Waals surface area contributed by atoms with Gasteiger partial charge in [0.05, 0.1) is 39.6 Å². The highest BCUT2D eigenvalue weighted by Crippen LogP contribution is 2.38. The van der Waals surface area contributed by atoms with E-state index in [0.717, 1.165) is 89.9 Å². The van der Waals surface area contributed by atoms with Gasteiger partial charge in [0, 0.05) is 0 Å². The van der Waals surface area contributed by atoms with Crippen LogP contribution >= 0.6 is 0 Å². The van der Waals surface area contributed by atoms with Crippen LogP contribution in [-0.4, -0.2) is 275 Å². The van der Waals surface area contributed by atoms with E-state index >= 15 is 0 Å². The van der Waals surface area contributed by atoms with Crippen molar-refractivity contribution in [2.45, 2.75) is 296 Å². The van der Waals surface area contributed by atoms with Gasteiger partial charge in [0.1, 0.15) is 122 Å². The third-order valence-corrected chi connectivity index (χ3v) is 16.2. The van der Waals surface area contributed by atoms with Gasteiger partial charge in [-0.2, -0.15) is 0 Å². The van der Waals surface area contributed by atoms with Gasteiger partial charge in [0.2, 0.25) is 0 Å². The average molecular weight is 1170 g/mol. The Morgan fingerprint density at radius 2 is 0.600 bits per heavy atom. The number of rotatable bonds is 36. The Bertz CT molecular complexity index is 1600. The van der Waals surface area contributed by atoms with Gasteiger partial charge in [-0.15, -0.1) is 0 Å². The van der Waals surface area contributed by atoms with Crippen LogP contribution < -0.4 is 0 Å². The molecule has 0 amide bonds. The van der Waals surface area contributed by atoms with Gasteiger partial charge in [-0.3, -0.25) is 0 Å². The van der Waals surface area contributed by atoms with Gasteiger partial charge in [-0.05, 0) is 18.8 Å². The fourth-order valence-electron chi connectivity index (χ4n) is 11.0. The molecule has 0 bridgehead atoms. The Kier molecular flexibility index (Phi) is 31.5. The number of aliphatic hydroxyl groups excluding tert-OH is 16. The highest BCUT2D eigenvalue weighted by Gasteiger charge is 2.58. The standard InChI is InChI=1S/C54H100O26/c1-3-5-7-9-11-13-15-17-19-21-29(22-20-18-16-14-12-10-8-6-4-2)27-71-54-49(80-53-46(70)42(66)38(62)33(26-58)76-53)48(79-52-45(69)41(65)37(61)32(25-57)75-52)47(78-51-44(68)40(64)36(60)31(24-56)74-51)34(77-54)28-72-50-43(67)39(63)35(59)30(23-55)73-50/h29-70H,3-28H2,1-2H3/t30?,31?,32?,33?,34?,35-,36-,37-,38-,39+,40+,41+,42+,43?,44?,45?,46?,47-,48+,49?,50-,51+,52+,53+,54-/m1/s1. The van der Waals surface area contributed by atoms with Gasteiger partial charge in [0.25, 0.3) is 0 Å². The summed E-state index contributed by atoms with van der Waals surface area (Å²) in [6.45, 7) is 0.0424. The van der Waals surface area contributed by atoms with Gasteiger partial charge >= 0.3 is 0 Å². The Morgan fingerprint density at radius 1 is 0.300 bits per heavy atom. The Labute approximate surface area is 469 Å². The fourth-order valence-corrected chi connectivity index (χ4v) is 11.0. The second-order valence-electron chi connectivity index (χ2n) is 22.4.